The minimum atomic E-state index is 0.586. The maximum atomic E-state index is 5.74. The van der Waals surface area contributed by atoms with Crippen molar-refractivity contribution in [1.29, 1.82) is 0 Å². The first-order chi connectivity index (χ1) is 9.24. The minimum absolute atomic E-state index is 0.586. The number of nitrogens with one attached hydrogen (secondary N) is 1. The molecule has 0 saturated carbocycles. The fourth-order valence-electron chi connectivity index (χ4n) is 1.92. The predicted octanol–water partition coefficient (Wildman–Crippen LogP) is 4.36. The van der Waals surface area contributed by atoms with Gasteiger partial charge in [0.1, 0.15) is 5.75 Å². The van der Waals surface area contributed by atoms with Crippen LogP contribution in [0.2, 0.25) is 0 Å². The number of unbranched alkanes of at least 4 members (excludes halogenated alkanes) is 2. The van der Waals surface area contributed by atoms with Gasteiger partial charge in [0.25, 0.3) is 0 Å². The van der Waals surface area contributed by atoms with Gasteiger partial charge in [-0.2, -0.15) is 0 Å². The number of rotatable bonds is 10. The number of hydrogen-bond donors (Lipinski definition) is 1. The highest BCUT2D eigenvalue weighted by Gasteiger charge is 1.99. The van der Waals surface area contributed by atoms with E-state index >= 15 is 0 Å². The Morgan fingerprint density at radius 3 is 2.32 bits per heavy atom. The Hall–Kier alpha value is -1.02. The summed E-state index contributed by atoms with van der Waals surface area (Å²) in [5.41, 5.74) is 1.37. The van der Waals surface area contributed by atoms with E-state index in [4.69, 9.17) is 4.74 Å². The van der Waals surface area contributed by atoms with E-state index in [1.54, 1.807) is 0 Å². The van der Waals surface area contributed by atoms with Crippen molar-refractivity contribution in [3.8, 4) is 5.75 Å². The maximum Gasteiger partial charge on any atom is 0.119 e. The number of benzene rings is 1. The molecule has 0 heterocycles. The molecule has 0 radical (unpaired) electrons. The van der Waals surface area contributed by atoms with Crippen LogP contribution in [0.1, 0.15) is 57.9 Å². The summed E-state index contributed by atoms with van der Waals surface area (Å²) >= 11 is 0. The van der Waals surface area contributed by atoms with Crippen LogP contribution in [0.5, 0.6) is 5.75 Å². The molecule has 0 amide bonds. The van der Waals surface area contributed by atoms with Crippen molar-refractivity contribution in [3.63, 3.8) is 0 Å². The van der Waals surface area contributed by atoms with Gasteiger partial charge in [-0.3, -0.25) is 0 Å². The first-order valence-corrected chi connectivity index (χ1v) is 7.67. The second-order valence-corrected chi connectivity index (χ2v) is 5.38. The van der Waals surface area contributed by atoms with Crippen LogP contribution in [0.4, 0.5) is 0 Å². The topological polar surface area (TPSA) is 21.3 Å². The lowest BCUT2D eigenvalue weighted by Gasteiger charge is -2.09. The van der Waals surface area contributed by atoms with Gasteiger partial charge < -0.3 is 10.1 Å². The van der Waals surface area contributed by atoms with Crippen LogP contribution in [0.3, 0.4) is 0 Å². The van der Waals surface area contributed by atoms with Gasteiger partial charge in [-0.15, -0.1) is 0 Å². The van der Waals surface area contributed by atoms with Crippen molar-refractivity contribution in [2.24, 2.45) is 0 Å². The number of ether oxygens (including phenoxy) is 1. The zero-order valence-corrected chi connectivity index (χ0v) is 12.7. The molecule has 1 N–H and O–H groups in total. The summed E-state index contributed by atoms with van der Waals surface area (Å²) in [7, 11) is 0. The van der Waals surface area contributed by atoms with Gasteiger partial charge in [0.15, 0.2) is 0 Å². The normalized spacial score (nSPS) is 10.9. The molecule has 0 bridgehead atoms. The van der Waals surface area contributed by atoms with Gasteiger partial charge in [-0.25, -0.2) is 0 Å². The third-order valence-corrected chi connectivity index (χ3v) is 3.27. The van der Waals surface area contributed by atoms with Gasteiger partial charge in [-0.1, -0.05) is 39.3 Å². The smallest absolute Gasteiger partial charge is 0.119 e. The molecule has 19 heavy (non-hydrogen) atoms. The molecule has 0 saturated heterocycles. The summed E-state index contributed by atoms with van der Waals surface area (Å²) < 4.78 is 5.74. The second kappa shape index (κ2) is 9.85. The fourth-order valence-corrected chi connectivity index (χ4v) is 1.92. The van der Waals surface area contributed by atoms with Gasteiger partial charge in [0, 0.05) is 0 Å². The van der Waals surface area contributed by atoms with E-state index in [1.807, 2.05) is 0 Å². The maximum absolute atomic E-state index is 5.74. The van der Waals surface area contributed by atoms with Gasteiger partial charge in [0.05, 0.1) is 6.61 Å². The molecule has 0 unspecified atom stereocenters. The standard InChI is InChI=1S/C17H29NO/c1-4-5-12-18-13-6-7-14-19-17-10-8-16(9-11-17)15(2)3/h8-11,15,18H,4-7,12-14H2,1-3H3. The average Bonchev–Trinajstić information content (AvgIpc) is 2.42. The van der Waals surface area contributed by atoms with Crippen molar-refractivity contribution >= 4 is 0 Å². The summed E-state index contributed by atoms with van der Waals surface area (Å²) in [5, 5.41) is 3.45. The van der Waals surface area contributed by atoms with E-state index in [1.165, 1.54) is 24.8 Å². The first-order valence-electron chi connectivity index (χ1n) is 7.67. The van der Waals surface area contributed by atoms with Gasteiger partial charge in [-0.05, 0) is 56.0 Å². The molecule has 1 aromatic rings. The molecule has 0 aromatic heterocycles. The van der Waals surface area contributed by atoms with E-state index in [9.17, 15) is 0 Å². The molecular weight excluding hydrogens is 234 g/mol. The summed E-state index contributed by atoms with van der Waals surface area (Å²) in [4.78, 5) is 0. The van der Waals surface area contributed by atoms with Crippen molar-refractivity contribution in [2.45, 2.75) is 52.4 Å². The Labute approximate surface area is 118 Å². The van der Waals surface area contributed by atoms with Gasteiger partial charge in [0.2, 0.25) is 0 Å². The van der Waals surface area contributed by atoms with E-state index in [0.29, 0.717) is 5.92 Å². The Kier molecular flexibility index (Phi) is 8.31. The summed E-state index contributed by atoms with van der Waals surface area (Å²) in [6.07, 6.45) is 4.85. The molecule has 1 rings (SSSR count). The van der Waals surface area contributed by atoms with Crippen LogP contribution >= 0.6 is 0 Å². The van der Waals surface area contributed by atoms with Crippen LogP contribution in [-0.2, 0) is 0 Å². The molecular formula is C17H29NO. The average molecular weight is 263 g/mol. The molecule has 0 atom stereocenters. The quantitative estimate of drug-likeness (QED) is 0.633. The van der Waals surface area contributed by atoms with Crippen molar-refractivity contribution < 1.29 is 4.74 Å². The van der Waals surface area contributed by atoms with Crippen molar-refractivity contribution in [3.05, 3.63) is 29.8 Å². The Balaban J connectivity index is 2.06. The molecule has 0 aliphatic rings. The summed E-state index contributed by atoms with van der Waals surface area (Å²) in [6, 6.07) is 8.47. The third kappa shape index (κ3) is 7.22. The molecule has 2 heteroatoms. The SMILES string of the molecule is CCCCNCCCCOc1ccc(C(C)C)cc1. The lowest BCUT2D eigenvalue weighted by atomic mass is 10.0. The highest BCUT2D eigenvalue weighted by atomic mass is 16.5. The zero-order valence-electron chi connectivity index (χ0n) is 12.7. The van der Waals surface area contributed by atoms with Crippen molar-refractivity contribution in [2.75, 3.05) is 19.7 Å². The Morgan fingerprint density at radius 1 is 1.00 bits per heavy atom. The van der Waals surface area contributed by atoms with E-state index in [2.05, 4.69) is 50.4 Å². The van der Waals surface area contributed by atoms with E-state index in [-0.39, 0.29) is 0 Å². The molecule has 1 aromatic carbocycles. The predicted molar refractivity (Wildman–Crippen MR) is 83.0 cm³/mol. The Bertz CT molecular complexity index is 319. The van der Waals surface area contributed by atoms with Crippen molar-refractivity contribution in [1.82, 2.24) is 5.32 Å². The largest absolute Gasteiger partial charge is 0.494 e. The molecule has 108 valence electrons. The van der Waals surface area contributed by atoms with Crippen LogP contribution in [0.25, 0.3) is 0 Å². The second-order valence-electron chi connectivity index (χ2n) is 5.38. The van der Waals surface area contributed by atoms with Crippen LogP contribution in [0, 0.1) is 0 Å². The lowest BCUT2D eigenvalue weighted by molar-refractivity contribution is 0.305. The summed E-state index contributed by atoms with van der Waals surface area (Å²) in [6.45, 7) is 9.71. The first kappa shape index (κ1) is 16.0. The van der Waals surface area contributed by atoms with Crippen LogP contribution in [-0.4, -0.2) is 19.7 Å². The van der Waals surface area contributed by atoms with E-state index in [0.717, 1.165) is 31.9 Å². The number of hydrogen-bond acceptors (Lipinski definition) is 2. The summed E-state index contributed by atoms with van der Waals surface area (Å²) in [5.74, 6) is 1.58. The Morgan fingerprint density at radius 2 is 1.68 bits per heavy atom. The third-order valence-electron chi connectivity index (χ3n) is 3.27. The van der Waals surface area contributed by atoms with Gasteiger partial charge >= 0.3 is 0 Å². The molecule has 0 aliphatic heterocycles. The monoisotopic (exact) mass is 263 g/mol. The lowest BCUT2D eigenvalue weighted by Crippen LogP contribution is -2.17. The zero-order chi connectivity index (χ0) is 13.9. The van der Waals surface area contributed by atoms with E-state index < -0.39 is 0 Å². The molecule has 0 fully saturated rings. The fraction of sp³-hybridized carbons (Fsp3) is 0.647. The van der Waals surface area contributed by atoms with Crippen LogP contribution in [0.15, 0.2) is 24.3 Å². The molecule has 2 nitrogen and oxygen atoms in total. The van der Waals surface area contributed by atoms with Crippen LogP contribution < -0.4 is 10.1 Å². The molecule has 0 spiro atoms. The minimum Gasteiger partial charge on any atom is -0.494 e. The highest BCUT2D eigenvalue weighted by molar-refractivity contribution is 5.28. The highest BCUT2D eigenvalue weighted by Crippen LogP contribution is 2.18. The molecule has 0 aliphatic carbocycles.